The van der Waals surface area contributed by atoms with E-state index in [4.69, 9.17) is 11.6 Å². The zero-order chi connectivity index (χ0) is 20.1. The first kappa shape index (κ1) is 19.4. The molecule has 0 aliphatic heterocycles. The van der Waals surface area contributed by atoms with Gasteiger partial charge in [-0.2, -0.15) is 0 Å². The van der Waals surface area contributed by atoms with Gasteiger partial charge < -0.3 is 4.57 Å². The summed E-state index contributed by atoms with van der Waals surface area (Å²) in [7, 11) is -2.34. The van der Waals surface area contributed by atoms with Crippen LogP contribution in [0.15, 0.2) is 33.9 Å². The molecule has 144 valence electrons. The molecule has 1 amide bonds. The number of benzene rings is 1. The second-order valence-corrected chi connectivity index (χ2v) is 9.45. The first-order valence-electron chi connectivity index (χ1n) is 8.13. The van der Waals surface area contributed by atoms with Gasteiger partial charge in [-0.05, 0) is 44.9 Å². The lowest BCUT2D eigenvalue weighted by molar-refractivity contribution is 0.0981. The topological polar surface area (TPSA) is 107 Å². The molecule has 0 radical (unpaired) electrons. The van der Waals surface area contributed by atoms with Gasteiger partial charge in [-0.15, -0.1) is 0 Å². The Morgan fingerprint density at radius 3 is 2.44 bits per heavy atom. The highest BCUT2D eigenvalue weighted by molar-refractivity contribution is 7.91. The molecular weight excluding hydrogens is 394 g/mol. The summed E-state index contributed by atoms with van der Waals surface area (Å²) in [4.78, 5) is 37.2. The highest BCUT2D eigenvalue weighted by Gasteiger charge is 2.50. The average Bonchev–Trinajstić information content (AvgIpc) is 3.33. The van der Waals surface area contributed by atoms with Crippen LogP contribution in [-0.2, 0) is 17.1 Å². The predicted molar refractivity (Wildman–Crippen MR) is 101 cm³/mol. The molecule has 0 unspecified atom stereocenters. The van der Waals surface area contributed by atoms with E-state index in [0.29, 0.717) is 18.5 Å². The van der Waals surface area contributed by atoms with E-state index in [0.717, 1.165) is 4.57 Å². The highest BCUT2D eigenvalue weighted by Crippen LogP contribution is 2.42. The van der Waals surface area contributed by atoms with Crippen LogP contribution < -0.4 is 16.0 Å². The average molecular weight is 412 g/mol. The standard InChI is InChI=1S/C17H18ClN3O5S/c1-10-8-14(22)21(16(24)20(10)3)11-4-5-13(18)12(9-11)15(23)19-27(25,26)17(2)6-7-17/h4-5,8-9H,6-7H2,1-3H3,(H,19,23). The van der Waals surface area contributed by atoms with Crippen molar-refractivity contribution < 1.29 is 13.2 Å². The molecule has 0 spiro atoms. The molecule has 0 atom stereocenters. The van der Waals surface area contributed by atoms with Crippen molar-refractivity contribution in [2.24, 2.45) is 7.05 Å². The molecule has 1 aliphatic carbocycles. The van der Waals surface area contributed by atoms with Gasteiger partial charge in [0.05, 0.1) is 21.0 Å². The van der Waals surface area contributed by atoms with E-state index in [1.807, 2.05) is 4.72 Å². The van der Waals surface area contributed by atoms with Gasteiger partial charge in [0.25, 0.3) is 11.5 Å². The third-order valence-electron chi connectivity index (χ3n) is 4.84. The first-order chi connectivity index (χ1) is 12.5. The zero-order valence-corrected chi connectivity index (χ0v) is 16.5. The van der Waals surface area contributed by atoms with Crippen molar-refractivity contribution in [2.75, 3.05) is 0 Å². The molecular formula is C17H18ClN3O5S. The van der Waals surface area contributed by atoms with Crippen molar-refractivity contribution in [1.29, 1.82) is 0 Å². The van der Waals surface area contributed by atoms with E-state index >= 15 is 0 Å². The highest BCUT2D eigenvalue weighted by atomic mass is 35.5. The maximum atomic E-state index is 12.5. The lowest BCUT2D eigenvalue weighted by Crippen LogP contribution is -2.39. The summed E-state index contributed by atoms with van der Waals surface area (Å²) < 4.78 is 27.8. The van der Waals surface area contributed by atoms with Gasteiger partial charge in [-0.25, -0.2) is 22.5 Å². The molecule has 3 rings (SSSR count). The minimum atomic E-state index is -3.85. The Bertz CT molecular complexity index is 1180. The fourth-order valence-corrected chi connectivity index (χ4v) is 3.99. The Morgan fingerprint density at radius 1 is 1.22 bits per heavy atom. The molecule has 8 nitrogen and oxygen atoms in total. The Morgan fingerprint density at radius 2 is 1.85 bits per heavy atom. The SMILES string of the molecule is Cc1cc(=O)n(-c2ccc(Cl)c(C(=O)NS(=O)(=O)C3(C)CC3)c2)c(=O)n1C. The number of hydrogen-bond acceptors (Lipinski definition) is 5. The first-order valence-corrected chi connectivity index (χ1v) is 9.99. The van der Waals surface area contributed by atoms with Crippen molar-refractivity contribution in [1.82, 2.24) is 13.9 Å². The Labute approximate surface area is 160 Å². The van der Waals surface area contributed by atoms with Crippen LogP contribution in [0.1, 0.15) is 35.8 Å². The molecule has 0 bridgehead atoms. The van der Waals surface area contributed by atoms with Crippen LogP contribution in [0.4, 0.5) is 0 Å². The molecule has 1 aromatic heterocycles. The number of sulfonamides is 1. The Hall–Kier alpha value is -2.39. The molecule has 2 aromatic rings. The van der Waals surface area contributed by atoms with Crippen molar-refractivity contribution in [3.63, 3.8) is 0 Å². The number of carbonyl (C=O) groups is 1. The summed E-state index contributed by atoms with van der Waals surface area (Å²) >= 11 is 6.05. The second kappa shape index (κ2) is 6.35. The fraction of sp³-hybridized carbons (Fsp3) is 0.353. The number of halogens is 1. The summed E-state index contributed by atoms with van der Waals surface area (Å²) in [5, 5.41) is 0.00406. The smallest absolute Gasteiger partial charge is 0.301 e. The summed E-state index contributed by atoms with van der Waals surface area (Å²) in [6.07, 6.45) is 0.941. The Kier molecular flexibility index (Phi) is 4.55. The number of amides is 1. The summed E-state index contributed by atoms with van der Waals surface area (Å²) in [6.45, 7) is 3.17. The number of rotatable bonds is 4. The van der Waals surface area contributed by atoms with Crippen LogP contribution in [0, 0.1) is 6.92 Å². The van der Waals surface area contributed by atoms with E-state index in [2.05, 4.69) is 0 Å². The monoisotopic (exact) mass is 411 g/mol. The largest absolute Gasteiger partial charge is 0.335 e. The number of aromatic nitrogens is 2. The Balaban J connectivity index is 2.06. The molecule has 1 aromatic carbocycles. The third kappa shape index (κ3) is 3.32. The molecule has 1 fully saturated rings. The lowest BCUT2D eigenvalue weighted by Gasteiger charge is -2.14. The van der Waals surface area contributed by atoms with E-state index in [-0.39, 0.29) is 16.3 Å². The van der Waals surface area contributed by atoms with Gasteiger partial charge in [-0.3, -0.25) is 9.59 Å². The summed E-state index contributed by atoms with van der Waals surface area (Å²) in [5.41, 5.74) is -0.701. The fourth-order valence-electron chi connectivity index (χ4n) is 2.54. The van der Waals surface area contributed by atoms with Gasteiger partial charge in [0.15, 0.2) is 0 Å². The number of nitrogens with one attached hydrogen (secondary N) is 1. The normalized spacial score (nSPS) is 15.4. The molecule has 1 saturated carbocycles. The van der Waals surface area contributed by atoms with E-state index in [1.54, 1.807) is 13.8 Å². The van der Waals surface area contributed by atoms with Crippen molar-refractivity contribution in [3.8, 4) is 5.69 Å². The van der Waals surface area contributed by atoms with Gasteiger partial charge >= 0.3 is 5.69 Å². The van der Waals surface area contributed by atoms with Gasteiger partial charge in [0.2, 0.25) is 10.0 Å². The lowest BCUT2D eigenvalue weighted by atomic mass is 10.2. The van der Waals surface area contributed by atoms with Crippen molar-refractivity contribution in [2.45, 2.75) is 31.4 Å². The van der Waals surface area contributed by atoms with Crippen molar-refractivity contribution in [3.05, 3.63) is 61.4 Å². The van der Waals surface area contributed by atoms with Crippen molar-refractivity contribution >= 4 is 27.5 Å². The van der Waals surface area contributed by atoms with Gasteiger partial charge in [-0.1, -0.05) is 11.6 Å². The van der Waals surface area contributed by atoms with Crippen LogP contribution >= 0.6 is 11.6 Å². The maximum Gasteiger partial charge on any atom is 0.335 e. The molecule has 1 heterocycles. The molecule has 1 aliphatic rings. The zero-order valence-electron chi connectivity index (χ0n) is 14.9. The van der Waals surface area contributed by atoms with Crippen LogP contribution in [-0.4, -0.2) is 28.2 Å². The van der Waals surface area contributed by atoms with Crippen LogP contribution in [0.2, 0.25) is 5.02 Å². The minimum Gasteiger partial charge on any atom is -0.301 e. The van der Waals surface area contributed by atoms with Gasteiger partial charge in [0.1, 0.15) is 0 Å². The van der Waals surface area contributed by atoms with Crippen LogP contribution in [0.5, 0.6) is 0 Å². The maximum absolute atomic E-state index is 12.5. The second-order valence-electron chi connectivity index (χ2n) is 6.85. The molecule has 10 heteroatoms. The number of aryl methyl sites for hydroxylation is 1. The van der Waals surface area contributed by atoms with Crippen LogP contribution in [0.25, 0.3) is 5.69 Å². The number of hydrogen-bond donors (Lipinski definition) is 1. The molecule has 1 N–H and O–H groups in total. The van der Waals surface area contributed by atoms with E-state index < -0.39 is 31.9 Å². The molecule has 27 heavy (non-hydrogen) atoms. The summed E-state index contributed by atoms with van der Waals surface area (Å²) in [5.74, 6) is -0.910. The number of nitrogens with zero attached hydrogens (tertiary/aromatic N) is 2. The van der Waals surface area contributed by atoms with Gasteiger partial charge in [0, 0.05) is 18.8 Å². The third-order valence-corrected chi connectivity index (χ3v) is 7.33. The predicted octanol–water partition coefficient (Wildman–Crippen LogP) is 1.11. The van der Waals surface area contributed by atoms with Crippen LogP contribution in [0.3, 0.4) is 0 Å². The summed E-state index contributed by atoms with van der Waals surface area (Å²) in [6, 6.07) is 5.26. The van der Waals surface area contributed by atoms with E-state index in [9.17, 15) is 22.8 Å². The molecule has 0 saturated heterocycles. The minimum absolute atomic E-state index is 0.00406. The quantitative estimate of drug-likeness (QED) is 0.810. The number of carbonyl (C=O) groups excluding carboxylic acids is 1. The van der Waals surface area contributed by atoms with E-state index in [1.165, 1.54) is 35.9 Å².